The Morgan fingerprint density at radius 1 is 0.967 bits per heavy atom. The van der Waals surface area contributed by atoms with Crippen molar-refractivity contribution in [3.05, 3.63) is 48.0 Å². The van der Waals surface area contributed by atoms with Gasteiger partial charge in [-0.15, -0.1) is 0 Å². The van der Waals surface area contributed by atoms with Gasteiger partial charge in [0.15, 0.2) is 0 Å². The van der Waals surface area contributed by atoms with Gasteiger partial charge in [-0.25, -0.2) is 0 Å². The van der Waals surface area contributed by atoms with Gasteiger partial charge in [-0.1, -0.05) is 55.3 Å². The number of hydrogen-bond donors (Lipinski definition) is 0. The number of benzene rings is 2. The lowest BCUT2D eigenvalue weighted by Gasteiger charge is -2.44. The summed E-state index contributed by atoms with van der Waals surface area (Å²) >= 11 is 0. The Balaban J connectivity index is 1.27. The average Bonchev–Trinajstić information content (AvgIpc) is 2.78. The molecule has 4 rings (SSSR count). The van der Waals surface area contributed by atoms with Gasteiger partial charge in [0.25, 0.3) is 0 Å². The first-order chi connectivity index (χ1) is 14.6. The van der Waals surface area contributed by atoms with Crippen molar-refractivity contribution in [2.24, 2.45) is 5.92 Å². The van der Waals surface area contributed by atoms with Crippen molar-refractivity contribution >= 4 is 22.6 Å². The summed E-state index contributed by atoms with van der Waals surface area (Å²) in [6, 6.07) is 15.0. The van der Waals surface area contributed by atoms with E-state index in [4.69, 9.17) is 0 Å². The molecule has 0 bridgehead atoms. The van der Waals surface area contributed by atoms with Crippen molar-refractivity contribution in [3.8, 4) is 0 Å². The van der Waals surface area contributed by atoms with E-state index in [0.717, 1.165) is 18.5 Å². The highest BCUT2D eigenvalue weighted by molar-refractivity contribution is 5.86. The summed E-state index contributed by atoms with van der Waals surface area (Å²) < 4.78 is 0. The first-order valence-electron chi connectivity index (χ1n) is 11.6. The highest BCUT2D eigenvalue weighted by Crippen LogP contribution is 2.35. The second-order valence-electron chi connectivity index (χ2n) is 9.08. The molecule has 2 fully saturated rings. The highest BCUT2D eigenvalue weighted by Gasteiger charge is 2.35. The van der Waals surface area contributed by atoms with Crippen LogP contribution in [0.15, 0.2) is 42.5 Å². The van der Waals surface area contributed by atoms with E-state index in [1.54, 1.807) is 4.90 Å². The molecule has 1 aliphatic carbocycles. The molecule has 1 saturated carbocycles. The van der Waals surface area contributed by atoms with Crippen molar-refractivity contribution < 1.29 is 9.59 Å². The van der Waals surface area contributed by atoms with Crippen molar-refractivity contribution in [2.45, 2.75) is 70.4 Å². The zero-order valence-corrected chi connectivity index (χ0v) is 18.2. The van der Waals surface area contributed by atoms with Gasteiger partial charge in [0.05, 0.1) is 0 Å². The van der Waals surface area contributed by atoms with Crippen LogP contribution in [0.25, 0.3) is 10.8 Å². The van der Waals surface area contributed by atoms with Crippen LogP contribution in [0.1, 0.15) is 63.4 Å². The van der Waals surface area contributed by atoms with Crippen LogP contribution in [-0.4, -0.2) is 41.2 Å². The van der Waals surface area contributed by atoms with Gasteiger partial charge in [-0.05, 0) is 54.4 Å². The Bertz CT molecular complexity index is 886. The summed E-state index contributed by atoms with van der Waals surface area (Å²) in [7, 11) is 1.86. The van der Waals surface area contributed by atoms with E-state index in [2.05, 4.69) is 29.2 Å². The smallest absolute Gasteiger partial charge is 0.222 e. The van der Waals surface area contributed by atoms with Crippen LogP contribution in [0, 0.1) is 5.92 Å². The average molecular weight is 407 g/mol. The molecule has 2 aliphatic rings. The van der Waals surface area contributed by atoms with Crippen molar-refractivity contribution in [2.75, 3.05) is 13.6 Å². The standard InChI is InChI=1S/C26H34N2O2/c1-27(19-22-12-6-11-20-9-2-4-14-23(20)22)25(29)16-7-17-26(30)28-18-8-13-21-10-3-5-15-24(21)28/h2,4,6,9,11-12,14,21,24H,3,5,7-8,10,13,15-19H2,1H3. The molecule has 4 heteroatoms. The molecule has 30 heavy (non-hydrogen) atoms. The van der Waals surface area contributed by atoms with E-state index in [-0.39, 0.29) is 11.8 Å². The molecule has 2 aromatic rings. The summed E-state index contributed by atoms with van der Waals surface area (Å²) in [5, 5.41) is 2.39. The van der Waals surface area contributed by atoms with Crippen molar-refractivity contribution in [3.63, 3.8) is 0 Å². The van der Waals surface area contributed by atoms with E-state index in [0.29, 0.717) is 37.8 Å². The number of rotatable bonds is 6. The highest BCUT2D eigenvalue weighted by atomic mass is 16.2. The molecular formula is C26H34N2O2. The number of likely N-dealkylation sites (tertiary alicyclic amines) is 1. The van der Waals surface area contributed by atoms with Gasteiger partial charge in [0.1, 0.15) is 0 Å². The predicted octanol–water partition coefficient (Wildman–Crippen LogP) is 5.15. The molecular weight excluding hydrogens is 372 g/mol. The lowest BCUT2D eigenvalue weighted by molar-refractivity contribution is -0.138. The molecule has 160 valence electrons. The number of fused-ring (bicyclic) bond motifs is 2. The number of hydrogen-bond acceptors (Lipinski definition) is 2. The van der Waals surface area contributed by atoms with Crippen LogP contribution in [0.3, 0.4) is 0 Å². The molecule has 2 atom stereocenters. The monoisotopic (exact) mass is 406 g/mol. The van der Waals surface area contributed by atoms with Gasteiger partial charge in [-0.3, -0.25) is 9.59 Å². The number of amides is 2. The van der Waals surface area contributed by atoms with Crippen LogP contribution < -0.4 is 0 Å². The van der Waals surface area contributed by atoms with Crippen molar-refractivity contribution in [1.29, 1.82) is 0 Å². The Morgan fingerprint density at radius 3 is 2.63 bits per heavy atom. The normalized spacial score (nSPS) is 21.3. The molecule has 0 N–H and O–H groups in total. The zero-order chi connectivity index (χ0) is 20.9. The molecule has 1 saturated heterocycles. The Labute approximate surface area is 180 Å². The minimum Gasteiger partial charge on any atom is -0.341 e. The Morgan fingerprint density at radius 2 is 1.73 bits per heavy atom. The van der Waals surface area contributed by atoms with Crippen LogP contribution >= 0.6 is 0 Å². The Hall–Kier alpha value is -2.36. The third kappa shape index (κ3) is 4.69. The van der Waals surface area contributed by atoms with Gasteiger partial charge in [0.2, 0.25) is 11.8 Å². The molecule has 2 unspecified atom stereocenters. The first kappa shape index (κ1) is 20.9. The third-order valence-corrected chi connectivity index (χ3v) is 7.06. The molecule has 0 radical (unpaired) electrons. The second-order valence-corrected chi connectivity index (χ2v) is 9.08. The zero-order valence-electron chi connectivity index (χ0n) is 18.2. The van der Waals surface area contributed by atoms with E-state index >= 15 is 0 Å². The van der Waals surface area contributed by atoms with E-state index in [1.807, 2.05) is 25.2 Å². The summed E-state index contributed by atoms with van der Waals surface area (Å²) in [6.45, 7) is 1.51. The maximum absolute atomic E-state index is 12.8. The third-order valence-electron chi connectivity index (χ3n) is 7.06. The first-order valence-corrected chi connectivity index (χ1v) is 11.6. The fourth-order valence-corrected chi connectivity index (χ4v) is 5.43. The second kappa shape index (κ2) is 9.63. The maximum Gasteiger partial charge on any atom is 0.222 e. The molecule has 0 spiro atoms. The van der Waals surface area contributed by atoms with Crippen LogP contribution in [0.4, 0.5) is 0 Å². The van der Waals surface area contributed by atoms with Gasteiger partial charge < -0.3 is 9.80 Å². The fraction of sp³-hybridized carbons (Fsp3) is 0.538. The summed E-state index contributed by atoms with van der Waals surface area (Å²) in [5.74, 6) is 1.09. The molecule has 1 heterocycles. The van der Waals surface area contributed by atoms with Gasteiger partial charge in [-0.2, -0.15) is 0 Å². The minimum atomic E-state index is 0.116. The Kier molecular flexibility index (Phi) is 6.71. The van der Waals surface area contributed by atoms with Crippen LogP contribution in [-0.2, 0) is 16.1 Å². The molecule has 2 aromatic carbocycles. The number of carbonyl (C=O) groups excluding carboxylic acids is 2. The van der Waals surface area contributed by atoms with Crippen LogP contribution in [0.5, 0.6) is 0 Å². The largest absolute Gasteiger partial charge is 0.341 e. The molecule has 1 aliphatic heterocycles. The molecule has 4 nitrogen and oxygen atoms in total. The molecule has 2 amide bonds. The summed E-state index contributed by atoms with van der Waals surface area (Å²) in [4.78, 5) is 29.5. The van der Waals surface area contributed by atoms with E-state index in [9.17, 15) is 9.59 Å². The fourth-order valence-electron chi connectivity index (χ4n) is 5.43. The SMILES string of the molecule is CN(Cc1cccc2ccccc12)C(=O)CCCC(=O)N1CCCC2CCCCC21. The molecule has 0 aromatic heterocycles. The topological polar surface area (TPSA) is 40.6 Å². The summed E-state index contributed by atoms with van der Waals surface area (Å²) in [6.07, 6.45) is 9.03. The predicted molar refractivity (Wildman–Crippen MR) is 121 cm³/mol. The van der Waals surface area contributed by atoms with Gasteiger partial charge in [0, 0.05) is 39.0 Å². The lowest BCUT2D eigenvalue weighted by atomic mass is 9.78. The number of carbonyl (C=O) groups is 2. The minimum absolute atomic E-state index is 0.116. The van der Waals surface area contributed by atoms with Crippen LogP contribution in [0.2, 0.25) is 0 Å². The quantitative estimate of drug-likeness (QED) is 0.666. The van der Waals surface area contributed by atoms with E-state index < -0.39 is 0 Å². The summed E-state index contributed by atoms with van der Waals surface area (Å²) in [5.41, 5.74) is 1.16. The van der Waals surface area contributed by atoms with E-state index in [1.165, 1.54) is 42.9 Å². The maximum atomic E-state index is 12.8. The van der Waals surface area contributed by atoms with Gasteiger partial charge >= 0.3 is 0 Å². The number of piperidine rings is 1. The number of nitrogens with zero attached hydrogens (tertiary/aromatic N) is 2. The van der Waals surface area contributed by atoms with Crippen molar-refractivity contribution in [1.82, 2.24) is 9.80 Å². The lowest BCUT2D eigenvalue weighted by Crippen LogP contribution is -2.49.